The Morgan fingerprint density at radius 1 is 1.23 bits per heavy atom. The number of nitrogens with one attached hydrogen (secondary N) is 1. The number of carboxylic acid groups (broad SMARTS) is 1. The van der Waals surface area contributed by atoms with Gasteiger partial charge in [-0.05, 0) is 30.5 Å². The van der Waals surface area contributed by atoms with Crippen molar-refractivity contribution in [3.05, 3.63) is 35.6 Å². The normalized spacial score (nSPS) is 17.5. The molecule has 1 unspecified atom stereocenters. The fraction of sp³-hybridized carbons (Fsp3) is 0.529. The van der Waals surface area contributed by atoms with Crippen LogP contribution in [0.4, 0.5) is 4.39 Å². The molecule has 0 heterocycles. The molecule has 0 aromatic heterocycles. The lowest BCUT2D eigenvalue weighted by Crippen LogP contribution is -2.44. The van der Waals surface area contributed by atoms with E-state index in [1.165, 1.54) is 18.2 Å². The van der Waals surface area contributed by atoms with E-state index in [4.69, 9.17) is 0 Å². The molecule has 0 aliphatic heterocycles. The van der Waals surface area contributed by atoms with Gasteiger partial charge in [-0.3, -0.25) is 4.79 Å². The maximum Gasteiger partial charge on any atom is 0.326 e. The molecule has 1 saturated carbocycles. The summed E-state index contributed by atoms with van der Waals surface area (Å²) >= 11 is 0. The quantitative estimate of drug-likeness (QED) is 0.822. The topological polar surface area (TPSA) is 66.4 Å². The average molecular weight is 307 g/mol. The van der Waals surface area contributed by atoms with E-state index in [0.29, 0.717) is 5.56 Å². The molecule has 1 atom stereocenters. The molecule has 1 amide bonds. The largest absolute Gasteiger partial charge is 0.480 e. The second-order valence-corrected chi connectivity index (χ2v) is 5.92. The molecule has 2 N–H and O–H groups in total. The summed E-state index contributed by atoms with van der Waals surface area (Å²) < 4.78 is 13.2. The molecular formula is C17H22FNO3. The Morgan fingerprint density at radius 3 is 2.50 bits per heavy atom. The van der Waals surface area contributed by atoms with Crippen LogP contribution in [0.25, 0.3) is 0 Å². The first kappa shape index (κ1) is 16.5. The minimum absolute atomic E-state index is 0.0888. The van der Waals surface area contributed by atoms with Crippen molar-refractivity contribution in [1.82, 2.24) is 5.32 Å². The highest BCUT2D eigenvalue weighted by Crippen LogP contribution is 2.23. The molecule has 4 nitrogen and oxygen atoms in total. The lowest BCUT2D eigenvalue weighted by molar-refractivity contribution is -0.142. The summed E-state index contributed by atoms with van der Waals surface area (Å²) in [4.78, 5) is 23.6. The zero-order valence-corrected chi connectivity index (χ0v) is 12.6. The van der Waals surface area contributed by atoms with Gasteiger partial charge < -0.3 is 10.4 Å². The fourth-order valence-corrected chi connectivity index (χ4v) is 2.93. The summed E-state index contributed by atoms with van der Waals surface area (Å²) in [5.41, 5.74) is 0.563. The van der Waals surface area contributed by atoms with Crippen LogP contribution in [0, 0.1) is 11.7 Å². The van der Waals surface area contributed by atoms with Gasteiger partial charge in [0.2, 0.25) is 5.91 Å². The van der Waals surface area contributed by atoms with Crippen molar-refractivity contribution in [2.45, 2.75) is 51.0 Å². The summed E-state index contributed by atoms with van der Waals surface area (Å²) in [7, 11) is 0. The molecule has 1 fully saturated rings. The van der Waals surface area contributed by atoms with E-state index in [9.17, 15) is 19.1 Å². The first-order valence-corrected chi connectivity index (χ1v) is 7.84. The smallest absolute Gasteiger partial charge is 0.326 e. The number of halogens is 1. The van der Waals surface area contributed by atoms with Gasteiger partial charge in [-0.25, -0.2) is 9.18 Å². The number of carbonyl (C=O) groups is 2. The van der Waals surface area contributed by atoms with Crippen molar-refractivity contribution in [1.29, 1.82) is 0 Å². The molecule has 0 spiro atoms. The lowest BCUT2D eigenvalue weighted by atomic mass is 9.98. The summed E-state index contributed by atoms with van der Waals surface area (Å²) in [6.45, 7) is 0. The van der Waals surface area contributed by atoms with E-state index < -0.39 is 17.8 Å². The number of aliphatic carboxylic acids is 1. The fourth-order valence-electron chi connectivity index (χ4n) is 2.93. The molecule has 0 radical (unpaired) electrons. The molecule has 22 heavy (non-hydrogen) atoms. The standard InChI is InChI=1S/C17H22FNO3/c18-14-9-5-6-12(10-14)11-15(17(21)22)19-16(20)13-7-3-1-2-4-8-13/h5-6,9-10,13,15H,1-4,7-8,11H2,(H,19,20)(H,21,22). The van der Waals surface area contributed by atoms with Gasteiger partial charge in [-0.15, -0.1) is 0 Å². The van der Waals surface area contributed by atoms with Gasteiger partial charge in [-0.1, -0.05) is 37.8 Å². The molecular weight excluding hydrogens is 285 g/mol. The van der Waals surface area contributed by atoms with E-state index in [1.54, 1.807) is 6.07 Å². The van der Waals surface area contributed by atoms with Crippen LogP contribution in [0.2, 0.25) is 0 Å². The zero-order chi connectivity index (χ0) is 15.9. The van der Waals surface area contributed by atoms with Crippen LogP contribution in [0.15, 0.2) is 24.3 Å². The Hall–Kier alpha value is -1.91. The van der Waals surface area contributed by atoms with Gasteiger partial charge in [0.1, 0.15) is 11.9 Å². The first-order valence-electron chi connectivity index (χ1n) is 7.84. The number of benzene rings is 1. The number of hydrogen-bond donors (Lipinski definition) is 2. The molecule has 1 aliphatic rings. The highest BCUT2D eigenvalue weighted by Gasteiger charge is 2.26. The number of carbonyl (C=O) groups excluding carboxylic acids is 1. The minimum atomic E-state index is -1.09. The second-order valence-electron chi connectivity index (χ2n) is 5.92. The second kappa shape index (κ2) is 7.92. The van der Waals surface area contributed by atoms with Gasteiger partial charge in [0.25, 0.3) is 0 Å². The van der Waals surface area contributed by atoms with E-state index in [2.05, 4.69) is 5.32 Å². The summed E-state index contributed by atoms with van der Waals surface area (Å²) in [5.74, 6) is -1.79. The average Bonchev–Trinajstić information content (AvgIpc) is 2.75. The molecule has 5 heteroatoms. The SMILES string of the molecule is O=C(NC(Cc1cccc(F)c1)C(=O)O)C1CCCCCC1. The molecule has 1 aromatic rings. The van der Waals surface area contributed by atoms with Crippen molar-refractivity contribution in [2.24, 2.45) is 5.92 Å². The van der Waals surface area contributed by atoms with Crippen molar-refractivity contribution >= 4 is 11.9 Å². The summed E-state index contributed by atoms with van der Waals surface area (Å²) in [6, 6.07) is 4.79. The third-order valence-corrected chi connectivity index (χ3v) is 4.17. The lowest BCUT2D eigenvalue weighted by Gasteiger charge is -2.19. The van der Waals surface area contributed by atoms with Crippen LogP contribution in [0.5, 0.6) is 0 Å². The van der Waals surface area contributed by atoms with Gasteiger partial charge in [0.05, 0.1) is 0 Å². The molecule has 2 rings (SSSR count). The van der Waals surface area contributed by atoms with Gasteiger partial charge >= 0.3 is 5.97 Å². The van der Waals surface area contributed by atoms with Crippen LogP contribution in [-0.4, -0.2) is 23.0 Å². The van der Waals surface area contributed by atoms with Crippen LogP contribution in [0.3, 0.4) is 0 Å². The summed E-state index contributed by atoms with van der Waals surface area (Å²) in [5, 5.41) is 11.9. The van der Waals surface area contributed by atoms with Gasteiger partial charge in [-0.2, -0.15) is 0 Å². The third-order valence-electron chi connectivity index (χ3n) is 4.17. The highest BCUT2D eigenvalue weighted by molar-refractivity contribution is 5.85. The van der Waals surface area contributed by atoms with Gasteiger partial charge in [0.15, 0.2) is 0 Å². The van der Waals surface area contributed by atoms with E-state index in [0.717, 1.165) is 38.5 Å². The Morgan fingerprint density at radius 2 is 1.91 bits per heavy atom. The van der Waals surface area contributed by atoms with Crippen LogP contribution < -0.4 is 5.32 Å². The number of hydrogen-bond acceptors (Lipinski definition) is 2. The molecule has 1 aromatic carbocycles. The van der Waals surface area contributed by atoms with Crippen molar-refractivity contribution in [3.63, 3.8) is 0 Å². The molecule has 120 valence electrons. The van der Waals surface area contributed by atoms with E-state index in [-0.39, 0.29) is 18.2 Å². The Bertz CT molecular complexity index is 524. The monoisotopic (exact) mass is 307 g/mol. The molecule has 1 aliphatic carbocycles. The van der Waals surface area contributed by atoms with Crippen molar-refractivity contribution in [2.75, 3.05) is 0 Å². The predicted molar refractivity (Wildman–Crippen MR) is 80.9 cm³/mol. The number of rotatable bonds is 5. The van der Waals surface area contributed by atoms with E-state index in [1.807, 2.05) is 0 Å². The molecule has 0 bridgehead atoms. The maximum absolute atomic E-state index is 13.2. The van der Waals surface area contributed by atoms with Crippen LogP contribution in [0.1, 0.15) is 44.1 Å². The third kappa shape index (κ3) is 4.83. The number of amides is 1. The summed E-state index contributed by atoms with van der Waals surface area (Å²) in [6.07, 6.45) is 6.02. The van der Waals surface area contributed by atoms with Crippen LogP contribution in [-0.2, 0) is 16.0 Å². The Labute approximate surface area is 129 Å². The van der Waals surface area contributed by atoms with E-state index >= 15 is 0 Å². The zero-order valence-electron chi connectivity index (χ0n) is 12.6. The van der Waals surface area contributed by atoms with Crippen LogP contribution >= 0.6 is 0 Å². The van der Waals surface area contributed by atoms with Crippen molar-refractivity contribution in [3.8, 4) is 0 Å². The highest BCUT2D eigenvalue weighted by atomic mass is 19.1. The Balaban J connectivity index is 1.98. The predicted octanol–water partition coefficient (Wildman–Crippen LogP) is 2.91. The van der Waals surface area contributed by atoms with Crippen molar-refractivity contribution < 1.29 is 19.1 Å². The van der Waals surface area contributed by atoms with Gasteiger partial charge in [0, 0.05) is 12.3 Å². The number of carboxylic acids is 1. The molecule has 0 saturated heterocycles. The minimum Gasteiger partial charge on any atom is -0.480 e. The first-order chi connectivity index (χ1) is 10.6. The maximum atomic E-state index is 13.2. The Kier molecular flexibility index (Phi) is 5.92.